The normalized spacial score (nSPS) is 23.1. The van der Waals surface area contributed by atoms with Crippen LogP contribution in [0.25, 0.3) is 0 Å². The van der Waals surface area contributed by atoms with Crippen molar-refractivity contribution in [1.82, 2.24) is 4.90 Å². The monoisotopic (exact) mass is 288 g/mol. The van der Waals surface area contributed by atoms with Gasteiger partial charge in [0, 0.05) is 12.5 Å². The fraction of sp³-hybridized carbons (Fsp3) is 0.750. The molecule has 0 aliphatic carbocycles. The lowest BCUT2D eigenvalue weighted by Crippen LogP contribution is -2.44. The van der Waals surface area contributed by atoms with Gasteiger partial charge in [0.25, 0.3) is 0 Å². The van der Waals surface area contributed by atoms with E-state index < -0.39 is 23.7 Å². The number of likely N-dealkylation sites (tertiary alicyclic amines) is 1. The number of nitrogens with zero attached hydrogens (tertiary/aromatic N) is 1. The van der Waals surface area contributed by atoms with Gasteiger partial charge in [-0.2, -0.15) is 0 Å². The van der Waals surface area contributed by atoms with Crippen molar-refractivity contribution in [2.24, 2.45) is 11.7 Å². The Bertz CT molecular complexity index is 392. The van der Waals surface area contributed by atoms with Crippen LogP contribution in [0.15, 0.2) is 0 Å². The Morgan fingerprint density at radius 1 is 1.37 bits per heavy atom. The smallest absolute Gasteiger partial charge is 0.411 e. The molecule has 0 bridgehead atoms. The van der Waals surface area contributed by atoms with E-state index in [2.05, 4.69) is 0 Å². The molecular formula is C12H20N2O4S. The zero-order valence-corrected chi connectivity index (χ0v) is 12.5. The lowest BCUT2D eigenvalue weighted by molar-refractivity contribution is -0.145. The molecule has 1 heterocycles. The molecule has 0 saturated carbocycles. The van der Waals surface area contributed by atoms with Crippen LogP contribution < -0.4 is 5.73 Å². The predicted molar refractivity (Wildman–Crippen MR) is 73.6 cm³/mol. The first-order valence-corrected chi connectivity index (χ1v) is 6.43. The van der Waals surface area contributed by atoms with Gasteiger partial charge in [0.05, 0.1) is 12.1 Å². The van der Waals surface area contributed by atoms with E-state index in [0.717, 1.165) is 0 Å². The van der Waals surface area contributed by atoms with Gasteiger partial charge in [0.2, 0.25) is 0 Å². The molecule has 0 aromatic carbocycles. The largest absolute Gasteiger partial charge is 0.467 e. The van der Waals surface area contributed by atoms with Gasteiger partial charge in [-0.25, -0.2) is 9.59 Å². The summed E-state index contributed by atoms with van der Waals surface area (Å²) in [6.45, 7) is 5.57. The summed E-state index contributed by atoms with van der Waals surface area (Å²) in [6.07, 6.45) is -0.178. The van der Waals surface area contributed by atoms with Crippen molar-refractivity contribution in [2.45, 2.75) is 38.8 Å². The van der Waals surface area contributed by atoms with Crippen LogP contribution in [0.2, 0.25) is 0 Å². The average Bonchev–Trinajstić information content (AvgIpc) is 2.70. The maximum atomic E-state index is 12.1. The van der Waals surface area contributed by atoms with Crippen LogP contribution in [0, 0.1) is 5.92 Å². The number of nitrogens with two attached hydrogens (primary N) is 1. The number of ether oxygens (including phenoxy) is 2. The first kappa shape index (κ1) is 15.7. The third-order valence-electron chi connectivity index (χ3n) is 2.80. The summed E-state index contributed by atoms with van der Waals surface area (Å²) in [5.41, 5.74) is 4.97. The number of carbonyl (C=O) groups is 2. The standard InChI is InChI=1S/C12H20N2O4S/c1-12(2,3)18-11(16)14-6-7(9(13)19)5-8(14)10(15)17-4/h7-8H,5-6H2,1-4H3,(H2,13,19)/t7-,8+/m1/s1. The summed E-state index contributed by atoms with van der Waals surface area (Å²) in [4.78, 5) is 25.4. The molecule has 0 aromatic rings. The summed E-state index contributed by atoms with van der Waals surface area (Å²) in [7, 11) is 1.28. The van der Waals surface area contributed by atoms with Crippen LogP contribution >= 0.6 is 12.2 Å². The highest BCUT2D eigenvalue weighted by molar-refractivity contribution is 7.80. The maximum Gasteiger partial charge on any atom is 0.411 e. The van der Waals surface area contributed by atoms with Crippen molar-refractivity contribution in [2.75, 3.05) is 13.7 Å². The van der Waals surface area contributed by atoms with E-state index in [-0.39, 0.29) is 12.5 Å². The first-order chi connectivity index (χ1) is 8.65. The molecule has 2 N–H and O–H groups in total. The highest BCUT2D eigenvalue weighted by atomic mass is 32.1. The molecule has 7 heteroatoms. The molecule has 0 aromatic heterocycles. The quantitative estimate of drug-likeness (QED) is 0.604. The van der Waals surface area contributed by atoms with E-state index in [1.54, 1.807) is 20.8 Å². The van der Waals surface area contributed by atoms with E-state index in [9.17, 15) is 9.59 Å². The van der Waals surface area contributed by atoms with Gasteiger partial charge in [0.15, 0.2) is 0 Å². The molecule has 6 nitrogen and oxygen atoms in total. The topological polar surface area (TPSA) is 81.9 Å². The van der Waals surface area contributed by atoms with Gasteiger partial charge in [-0.1, -0.05) is 12.2 Å². The molecule has 0 radical (unpaired) electrons. The third kappa shape index (κ3) is 4.05. The van der Waals surface area contributed by atoms with Gasteiger partial charge in [-0.05, 0) is 27.2 Å². The number of hydrogen-bond donors (Lipinski definition) is 1. The molecule has 1 aliphatic heterocycles. The lowest BCUT2D eigenvalue weighted by atomic mass is 10.1. The SMILES string of the molecule is COC(=O)[C@@H]1C[C@@H](C(N)=S)CN1C(=O)OC(C)(C)C. The van der Waals surface area contributed by atoms with Crippen molar-refractivity contribution in [1.29, 1.82) is 0 Å². The minimum atomic E-state index is -0.689. The van der Waals surface area contributed by atoms with E-state index in [0.29, 0.717) is 11.4 Å². The van der Waals surface area contributed by atoms with Crippen molar-refractivity contribution >= 4 is 29.3 Å². The summed E-state index contributed by atoms with van der Waals surface area (Å²) >= 11 is 4.93. The number of hydrogen-bond acceptors (Lipinski definition) is 5. The molecule has 108 valence electrons. The zero-order valence-electron chi connectivity index (χ0n) is 11.6. The van der Waals surface area contributed by atoms with Gasteiger partial charge >= 0.3 is 12.1 Å². The number of rotatable bonds is 2. The minimum absolute atomic E-state index is 0.188. The van der Waals surface area contributed by atoms with Gasteiger partial charge in [-0.3, -0.25) is 4.90 Å². The molecule has 0 unspecified atom stereocenters. The second kappa shape index (κ2) is 5.73. The first-order valence-electron chi connectivity index (χ1n) is 6.02. The second-order valence-corrected chi connectivity index (χ2v) is 5.98. The van der Waals surface area contributed by atoms with E-state index in [1.807, 2.05) is 0 Å². The van der Waals surface area contributed by atoms with Crippen LogP contribution in [0.5, 0.6) is 0 Å². The Morgan fingerprint density at radius 3 is 2.37 bits per heavy atom. The molecule has 19 heavy (non-hydrogen) atoms. The molecule has 1 amide bonds. The summed E-state index contributed by atoms with van der Waals surface area (Å²) < 4.78 is 9.97. The second-order valence-electron chi connectivity index (χ2n) is 5.51. The van der Waals surface area contributed by atoms with Gasteiger partial charge in [-0.15, -0.1) is 0 Å². The average molecular weight is 288 g/mol. The summed E-state index contributed by atoms with van der Waals surface area (Å²) in [6, 6.07) is -0.689. The fourth-order valence-corrected chi connectivity index (χ4v) is 2.09. The van der Waals surface area contributed by atoms with E-state index >= 15 is 0 Å². The summed E-state index contributed by atoms with van der Waals surface area (Å²) in [5.74, 6) is -0.670. The Kier molecular flexibility index (Phi) is 4.73. The van der Waals surface area contributed by atoms with Crippen molar-refractivity contribution < 1.29 is 19.1 Å². The maximum absolute atomic E-state index is 12.1. The number of thiocarbonyl (C=S) groups is 1. The highest BCUT2D eigenvalue weighted by Gasteiger charge is 2.42. The molecule has 1 rings (SSSR count). The van der Waals surface area contributed by atoms with Crippen LogP contribution in [-0.4, -0.2) is 47.2 Å². The van der Waals surface area contributed by atoms with Crippen LogP contribution in [0.4, 0.5) is 4.79 Å². The Balaban J connectivity index is 2.85. The van der Waals surface area contributed by atoms with Crippen molar-refractivity contribution in [3.8, 4) is 0 Å². The minimum Gasteiger partial charge on any atom is -0.467 e. The molecule has 0 spiro atoms. The Morgan fingerprint density at radius 2 is 1.95 bits per heavy atom. The Hall–Kier alpha value is -1.37. The molecular weight excluding hydrogens is 268 g/mol. The van der Waals surface area contributed by atoms with Crippen LogP contribution in [0.1, 0.15) is 27.2 Å². The third-order valence-corrected chi connectivity index (χ3v) is 3.14. The number of amides is 1. The van der Waals surface area contributed by atoms with Crippen molar-refractivity contribution in [3.63, 3.8) is 0 Å². The van der Waals surface area contributed by atoms with Gasteiger partial charge in [0.1, 0.15) is 11.6 Å². The van der Waals surface area contributed by atoms with Crippen LogP contribution in [-0.2, 0) is 14.3 Å². The van der Waals surface area contributed by atoms with E-state index in [1.165, 1.54) is 12.0 Å². The molecule has 1 saturated heterocycles. The number of carbonyl (C=O) groups excluding carboxylic acids is 2. The fourth-order valence-electron chi connectivity index (χ4n) is 1.92. The number of esters is 1. The molecule has 1 aliphatic rings. The van der Waals surface area contributed by atoms with Gasteiger partial charge < -0.3 is 15.2 Å². The molecule has 1 fully saturated rings. The van der Waals surface area contributed by atoms with Crippen molar-refractivity contribution in [3.05, 3.63) is 0 Å². The highest BCUT2D eigenvalue weighted by Crippen LogP contribution is 2.26. The van der Waals surface area contributed by atoms with E-state index in [4.69, 9.17) is 27.4 Å². The molecule has 2 atom stereocenters. The Labute approximate surface area is 118 Å². The predicted octanol–water partition coefficient (Wildman–Crippen LogP) is 1.07. The number of methoxy groups -OCH3 is 1. The summed E-state index contributed by atoms with van der Waals surface area (Å²) in [5, 5.41) is 0. The lowest BCUT2D eigenvalue weighted by Gasteiger charge is -2.27. The zero-order chi connectivity index (χ0) is 14.8. The van der Waals surface area contributed by atoms with Crippen LogP contribution in [0.3, 0.4) is 0 Å².